The molecule has 0 aliphatic heterocycles. The number of allylic oxidation sites excluding steroid dienone is 2. The van der Waals surface area contributed by atoms with Crippen molar-refractivity contribution in [2.24, 2.45) is 23.2 Å². The van der Waals surface area contributed by atoms with E-state index in [4.69, 9.17) is 4.74 Å². The van der Waals surface area contributed by atoms with E-state index in [0.717, 1.165) is 17.8 Å². The Labute approximate surface area is 125 Å². The molecule has 0 aromatic rings. The van der Waals surface area contributed by atoms with Gasteiger partial charge in [0.1, 0.15) is 0 Å². The van der Waals surface area contributed by atoms with Crippen LogP contribution in [-0.2, 0) is 4.74 Å². The van der Waals surface area contributed by atoms with Gasteiger partial charge in [0, 0.05) is 7.11 Å². The highest BCUT2D eigenvalue weighted by Gasteiger charge is 2.40. The van der Waals surface area contributed by atoms with E-state index in [1.54, 1.807) is 0 Å². The lowest BCUT2D eigenvalue weighted by Crippen LogP contribution is -2.37. The van der Waals surface area contributed by atoms with Crippen LogP contribution in [-0.4, -0.2) is 13.2 Å². The zero-order valence-electron chi connectivity index (χ0n) is 13.7. The maximum Gasteiger partial charge on any atom is 0.0571 e. The average Bonchev–Trinajstić information content (AvgIpc) is 2.47. The van der Waals surface area contributed by atoms with Gasteiger partial charge in [0.05, 0.1) is 6.10 Å². The average molecular weight is 276 g/mol. The van der Waals surface area contributed by atoms with Crippen LogP contribution in [0.4, 0.5) is 0 Å². The van der Waals surface area contributed by atoms with Crippen molar-refractivity contribution < 1.29 is 4.74 Å². The summed E-state index contributed by atoms with van der Waals surface area (Å²) in [5.74, 6) is 2.40. The van der Waals surface area contributed by atoms with Gasteiger partial charge in [-0.25, -0.2) is 0 Å². The van der Waals surface area contributed by atoms with Gasteiger partial charge in [0.15, 0.2) is 0 Å². The first-order chi connectivity index (χ1) is 9.49. The third-order valence-corrected chi connectivity index (χ3v) is 6.03. The van der Waals surface area contributed by atoms with Gasteiger partial charge in [0.2, 0.25) is 0 Å². The molecular weight excluding hydrogens is 244 g/mol. The van der Waals surface area contributed by atoms with Crippen LogP contribution in [0.2, 0.25) is 0 Å². The quantitative estimate of drug-likeness (QED) is 0.627. The van der Waals surface area contributed by atoms with Crippen molar-refractivity contribution in [1.82, 2.24) is 0 Å². The zero-order valence-corrected chi connectivity index (χ0v) is 13.7. The van der Waals surface area contributed by atoms with Crippen molar-refractivity contribution in [3.05, 3.63) is 24.8 Å². The van der Waals surface area contributed by atoms with E-state index in [9.17, 15) is 0 Å². The second-order valence-corrected chi connectivity index (χ2v) is 7.49. The fraction of sp³-hybridized carbons (Fsp3) is 0.789. The maximum atomic E-state index is 5.53. The molecule has 0 amide bonds. The summed E-state index contributed by atoms with van der Waals surface area (Å²) in [4.78, 5) is 0. The lowest BCUT2D eigenvalue weighted by molar-refractivity contribution is 0.0231. The van der Waals surface area contributed by atoms with Gasteiger partial charge < -0.3 is 4.74 Å². The lowest BCUT2D eigenvalue weighted by atomic mass is 9.59. The van der Waals surface area contributed by atoms with Crippen LogP contribution in [0, 0.1) is 23.2 Å². The molecule has 2 fully saturated rings. The van der Waals surface area contributed by atoms with Crippen LogP contribution in [0.1, 0.15) is 58.8 Å². The number of hydrogen-bond acceptors (Lipinski definition) is 1. The highest BCUT2D eigenvalue weighted by molar-refractivity contribution is 5.08. The molecule has 3 atom stereocenters. The summed E-state index contributed by atoms with van der Waals surface area (Å²) < 4.78 is 5.53. The van der Waals surface area contributed by atoms with Gasteiger partial charge in [-0.2, -0.15) is 0 Å². The molecule has 0 radical (unpaired) electrons. The third kappa shape index (κ3) is 3.36. The predicted octanol–water partition coefficient (Wildman–Crippen LogP) is 5.38. The second kappa shape index (κ2) is 6.47. The molecule has 0 saturated heterocycles. The highest BCUT2D eigenvalue weighted by atomic mass is 16.5. The van der Waals surface area contributed by atoms with Crippen LogP contribution in [0.5, 0.6) is 0 Å². The Morgan fingerprint density at radius 2 is 1.85 bits per heavy atom. The Hall–Kier alpha value is -0.560. The van der Waals surface area contributed by atoms with Gasteiger partial charge in [-0.05, 0) is 75.0 Å². The van der Waals surface area contributed by atoms with Crippen molar-refractivity contribution >= 4 is 0 Å². The minimum absolute atomic E-state index is 0.342. The molecule has 0 N–H and O–H groups in total. The van der Waals surface area contributed by atoms with Gasteiger partial charge in [-0.1, -0.05) is 25.2 Å². The Bertz CT molecular complexity index is 351. The third-order valence-electron chi connectivity index (χ3n) is 6.03. The molecule has 20 heavy (non-hydrogen) atoms. The number of hydrogen-bond donors (Lipinski definition) is 0. The first-order valence-electron chi connectivity index (χ1n) is 8.31. The molecule has 0 aromatic carbocycles. The highest BCUT2D eigenvalue weighted by Crippen LogP contribution is 2.50. The minimum Gasteiger partial charge on any atom is -0.381 e. The number of methoxy groups -OCH3 is 1. The summed E-state index contributed by atoms with van der Waals surface area (Å²) in [5.41, 5.74) is 1.74. The standard InChI is InChI=1S/C19H32O/c1-6-19(4)12-11-17(14(2)3)18(13-19)15-7-9-16(20-5)10-8-15/h6,15-18H,1-2,7-13H2,3-5H3/t15?,16?,17-,18?,19-/m1/s1. The second-order valence-electron chi connectivity index (χ2n) is 7.49. The molecule has 1 unspecified atom stereocenters. The molecule has 0 spiro atoms. The fourth-order valence-corrected chi connectivity index (χ4v) is 4.53. The van der Waals surface area contributed by atoms with Crippen molar-refractivity contribution in [2.75, 3.05) is 7.11 Å². The molecule has 1 nitrogen and oxygen atoms in total. The van der Waals surface area contributed by atoms with Crippen molar-refractivity contribution in [3.8, 4) is 0 Å². The van der Waals surface area contributed by atoms with E-state index in [1.165, 1.54) is 50.5 Å². The van der Waals surface area contributed by atoms with Crippen LogP contribution < -0.4 is 0 Å². The Morgan fingerprint density at radius 1 is 1.20 bits per heavy atom. The first-order valence-corrected chi connectivity index (χ1v) is 8.31. The summed E-state index contributed by atoms with van der Waals surface area (Å²) in [6.45, 7) is 13.0. The first kappa shape index (κ1) is 15.8. The molecule has 1 heteroatoms. The molecule has 2 saturated carbocycles. The molecule has 114 valence electrons. The molecule has 2 rings (SSSR count). The normalized spacial score (nSPS) is 42.1. The van der Waals surface area contributed by atoms with Crippen LogP contribution >= 0.6 is 0 Å². The van der Waals surface area contributed by atoms with Gasteiger partial charge in [0.25, 0.3) is 0 Å². The zero-order chi connectivity index (χ0) is 14.8. The van der Waals surface area contributed by atoms with Crippen LogP contribution in [0.15, 0.2) is 24.8 Å². The molecule has 2 aliphatic rings. The van der Waals surface area contributed by atoms with E-state index >= 15 is 0 Å². The number of ether oxygens (including phenoxy) is 1. The summed E-state index contributed by atoms with van der Waals surface area (Å²) in [6, 6.07) is 0. The Balaban J connectivity index is 2.08. The number of rotatable bonds is 4. The van der Waals surface area contributed by atoms with Gasteiger partial charge in [-0.15, -0.1) is 6.58 Å². The summed E-state index contributed by atoms with van der Waals surface area (Å²) in [6.07, 6.45) is 11.7. The SMILES string of the molecule is C=C[C@]1(C)CC[C@H](C(=C)C)C(C2CCC(OC)CC2)C1. The van der Waals surface area contributed by atoms with E-state index in [0.29, 0.717) is 11.5 Å². The molecular formula is C19H32O. The van der Waals surface area contributed by atoms with Gasteiger partial charge >= 0.3 is 0 Å². The summed E-state index contributed by atoms with van der Waals surface area (Å²) in [5, 5.41) is 0. The van der Waals surface area contributed by atoms with E-state index in [-0.39, 0.29) is 0 Å². The van der Waals surface area contributed by atoms with Gasteiger partial charge in [-0.3, -0.25) is 0 Å². The van der Waals surface area contributed by atoms with Crippen LogP contribution in [0.25, 0.3) is 0 Å². The smallest absolute Gasteiger partial charge is 0.0571 e. The van der Waals surface area contributed by atoms with Crippen molar-refractivity contribution in [2.45, 2.75) is 64.9 Å². The van der Waals surface area contributed by atoms with Crippen molar-refractivity contribution in [1.29, 1.82) is 0 Å². The van der Waals surface area contributed by atoms with Crippen LogP contribution in [0.3, 0.4) is 0 Å². The minimum atomic E-state index is 0.342. The van der Waals surface area contributed by atoms with E-state index in [1.807, 2.05) is 7.11 Å². The Kier molecular flexibility index (Phi) is 5.12. The molecule has 0 aromatic heterocycles. The summed E-state index contributed by atoms with van der Waals surface area (Å²) in [7, 11) is 1.86. The summed E-state index contributed by atoms with van der Waals surface area (Å²) >= 11 is 0. The maximum absolute atomic E-state index is 5.53. The lowest BCUT2D eigenvalue weighted by Gasteiger charge is -2.46. The Morgan fingerprint density at radius 3 is 2.35 bits per heavy atom. The van der Waals surface area contributed by atoms with E-state index < -0.39 is 0 Å². The molecule has 2 aliphatic carbocycles. The van der Waals surface area contributed by atoms with Crippen molar-refractivity contribution in [3.63, 3.8) is 0 Å². The largest absolute Gasteiger partial charge is 0.381 e. The molecule has 0 bridgehead atoms. The molecule has 0 heterocycles. The monoisotopic (exact) mass is 276 g/mol. The van der Waals surface area contributed by atoms with E-state index in [2.05, 4.69) is 33.1 Å². The fourth-order valence-electron chi connectivity index (χ4n) is 4.53. The predicted molar refractivity (Wildman–Crippen MR) is 86.7 cm³/mol. The topological polar surface area (TPSA) is 9.23 Å².